The van der Waals surface area contributed by atoms with Crippen LogP contribution in [-0.4, -0.2) is 29.4 Å². The number of nitrogens with one attached hydrogen (secondary N) is 1. The molecule has 1 heterocycles. The third-order valence-electron chi connectivity index (χ3n) is 4.41. The molecule has 1 unspecified atom stereocenters. The molecule has 7 heteroatoms. The highest BCUT2D eigenvalue weighted by atomic mass is 79.9. The van der Waals surface area contributed by atoms with Gasteiger partial charge in [-0.25, -0.2) is 0 Å². The van der Waals surface area contributed by atoms with Crippen LogP contribution >= 0.6 is 15.9 Å². The predicted molar refractivity (Wildman–Crippen MR) is 105 cm³/mol. The Bertz CT molecular complexity index is 970. The molecule has 2 amide bonds. The Morgan fingerprint density at radius 3 is 2.56 bits per heavy atom. The summed E-state index contributed by atoms with van der Waals surface area (Å²) in [5.41, 5.74) is 1.63. The van der Waals surface area contributed by atoms with E-state index >= 15 is 0 Å². The molecule has 0 aliphatic carbocycles. The van der Waals surface area contributed by atoms with Gasteiger partial charge < -0.3 is 5.32 Å². The minimum Gasteiger partial charge on any atom is -0.324 e. The molecule has 0 saturated carbocycles. The lowest BCUT2D eigenvalue weighted by Gasteiger charge is -2.26. The van der Waals surface area contributed by atoms with Crippen molar-refractivity contribution in [3.8, 4) is 0 Å². The van der Waals surface area contributed by atoms with E-state index in [1.165, 1.54) is 11.8 Å². The van der Waals surface area contributed by atoms with Gasteiger partial charge in [0.05, 0.1) is 11.3 Å². The van der Waals surface area contributed by atoms with Gasteiger partial charge in [0, 0.05) is 15.7 Å². The van der Waals surface area contributed by atoms with Crippen LogP contribution in [0.15, 0.2) is 46.9 Å². The molecule has 0 spiro atoms. The maximum absolute atomic E-state index is 12.8. The molecule has 6 nitrogen and oxygen atoms in total. The molecule has 1 atom stereocenters. The second kappa shape index (κ2) is 7.44. The van der Waals surface area contributed by atoms with E-state index in [-0.39, 0.29) is 11.3 Å². The SMILES string of the molecule is CCC(C(=O)Nc1cccc(C(C)=O)c1)N1C(=O)C(=O)c2cc(Br)ccc21. The molecular formula is C20H17BrN2O4. The highest BCUT2D eigenvalue weighted by Crippen LogP contribution is 2.33. The molecule has 0 bridgehead atoms. The first-order chi connectivity index (χ1) is 12.8. The van der Waals surface area contributed by atoms with Gasteiger partial charge >= 0.3 is 0 Å². The number of fused-ring (bicyclic) bond motifs is 1. The highest BCUT2D eigenvalue weighted by Gasteiger charge is 2.41. The summed E-state index contributed by atoms with van der Waals surface area (Å²) in [6.07, 6.45) is 0.326. The molecule has 27 heavy (non-hydrogen) atoms. The molecule has 1 N–H and O–H groups in total. The van der Waals surface area contributed by atoms with E-state index in [9.17, 15) is 19.2 Å². The fourth-order valence-electron chi connectivity index (χ4n) is 3.07. The average molecular weight is 429 g/mol. The van der Waals surface area contributed by atoms with Gasteiger partial charge in [0.25, 0.3) is 11.7 Å². The Morgan fingerprint density at radius 2 is 1.89 bits per heavy atom. The molecular weight excluding hydrogens is 412 g/mol. The number of carbonyl (C=O) groups is 4. The molecule has 1 aliphatic rings. The van der Waals surface area contributed by atoms with Gasteiger partial charge in [0.1, 0.15) is 6.04 Å². The van der Waals surface area contributed by atoms with Crippen molar-refractivity contribution in [2.45, 2.75) is 26.3 Å². The Morgan fingerprint density at radius 1 is 1.15 bits per heavy atom. The maximum atomic E-state index is 12.8. The van der Waals surface area contributed by atoms with E-state index in [0.29, 0.717) is 27.8 Å². The summed E-state index contributed by atoms with van der Waals surface area (Å²) >= 11 is 3.29. The van der Waals surface area contributed by atoms with Gasteiger partial charge in [0.15, 0.2) is 5.78 Å². The maximum Gasteiger partial charge on any atom is 0.300 e. The number of hydrogen-bond donors (Lipinski definition) is 1. The quantitative estimate of drug-likeness (QED) is 0.582. The van der Waals surface area contributed by atoms with Crippen molar-refractivity contribution in [3.05, 3.63) is 58.1 Å². The van der Waals surface area contributed by atoms with Gasteiger partial charge in [-0.05, 0) is 43.7 Å². The molecule has 3 rings (SSSR count). The summed E-state index contributed by atoms with van der Waals surface area (Å²) in [7, 11) is 0. The third-order valence-corrected chi connectivity index (χ3v) is 4.91. The fourth-order valence-corrected chi connectivity index (χ4v) is 3.43. The number of hydrogen-bond acceptors (Lipinski definition) is 4. The Kier molecular flexibility index (Phi) is 5.23. The zero-order valence-electron chi connectivity index (χ0n) is 14.8. The van der Waals surface area contributed by atoms with Crippen molar-refractivity contribution < 1.29 is 19.2 Å². The monoisotopic (exact) mass is 428 g/mol. The van der Waals surface area contributed by atoms with Crippen LogP contribution in [0.5, 0.6) is 0 Å². The molecule has 0 saturated heterocycles. The molecule has 2 aromatic carbocycles. The van der Waals surface area contributed by atoms with E-state index in [1.807, 2.05) is 0 Å². The van der Waals surface area contributed by atoms with Gasteiger partial charge in [0.2, 0.25) is 5.91 Å². The van der Waals surface area contributed by atoms with E-state index in [4.69, 9.17) is 0 Å². The summed E-state index contributed by atoms with van der Waals surface area (Å²) < 4.78 is 0.683. The lowest BCUT2D eigenvalue weighted by Crippen LogP contribution is -2.46. The Balaban J connectivity index is 1.90. The van der Waals surface area contributed by atoms with Crippen molar-refractivity contribution in [2.24, 2.45) is 0 Å². The minimum absolute atomic E-state index is 0.113. The first-order valence-corrected chi connectivity index (χ1v) is 9.22. The normalized spacial score (nSPS) is 14.1. The van der Waals surface area contributed by atoms with Gasteiger partial charge in [-0.3, -0.25) is 24.1 Å². The van der Waals surface area contributed by atoms with Crippen molar-refractivity contribution >= 4 is 50.7 Å². The van der Waals surface area contributed by atoms with Crippen molar-refractivity contribution in [3.63, 3.8) is 0 Å². The van der Waals surface area contributed by atoms with Crippen LogP contribution in [0.2, 0.25) is 0 Å². The molecule has 138 valence electrons. The van der Waals surface area contributed by atoms with Crippen molar-refractivity contribution in [2.75, 3.05) is 10.2 Å². The topological polar surface area (TPSA) is 83.6 Å². The molecule has 0 aromatic heterocycles. The number of amides is 2. The summed E-state index contributed by atoms with van der Waals surface area (Å²) in [5.74, 6) is -1.88. The average Bonchev–Trinajstić information content (AvgIpc) is 2.87. The fraction of sp³-hybridized carbons (Fsp3) is 0.200. The van der Waals surface area contributed by atoms with E-state index in [1.54, 1.807) is 49.4 Å². The minimum atomic E-state index is -0.843. The summed E-state index contributed by atoms with van der Waals surface area (Å²) in [6, 6.07) is 10.7. The van der Waals surface area contributed by atoms with Crippen LogP contribution in [0.4, 0.5) is 11.4 Å². The summed E-state index contributed by atoms with van der Waals surface area (Å²) in [5, 5.41) is 2.74. The van der Waals surface area contributed by atoms with E-state index in [2.05, 4.69) is 21.2 Å². The van der Waals surface area contributed by atoms with Crippen molar-refractivity contribution in [1.29, 1.82) is 0 Å². The largest absolute Gasteiger partial charge is 0.324 e. The second-order valence-corrected chi connectivity index (χ2v) is 7.13. The van der Waals surface area contributed by atoms with Crippen LogP contribution in [0.25, 0.3) is 0 Å². The number of ketones is 2. The van der Waals surface area contributed by atoms with E-state index in [0.717, 1.165) is 0 Å². The number of Topliss-reactive ketones (excluding diaryl/α,β-unsaturated/α-hetero) is 2. The van der Waals surface area contributed by atoms with Crippen LogP contribution in [0.3, 0.4) is 0 Å². The van der Waals surface area contributed by atoms with Crippen LogP contribution in [0.1, 0.15) is 41.0 Å². The lowest BCUT2D eigenvalue weighted by atomic mass is 10.1. The molecule has 2 aromatic rings. The Labute approximate surface area is 164 Å². The zero-order chi connectivity index (χ0) is 19.7. The number of benzene rings is 2. The van der Waals surface area contributed by atoms with Gasteiger partial charge in [-0.1, -0.05) is 35.0 Å². The van der Waals surface area contributed by atoms with Gasteiger partial charge in [-0.15, -0.1) is 0 Å². The highest BCUT2D eigenvalue weighted by molar-refractivity contribution is 9.10. The number of carbonyl (C=O) groups excluding carboxylic acids is 4. The van der Waals surface area contributed by atoms with Crippen molar-refractivity contribution in [1.82, 2.24) is 0 Å². The zero-order valence-corrected chi connectivity index (χ0v) is 16.4. The lowest BCUT2D eigenvalue weighted by molar-refractivity contribution is -0.121. The smallest absolute Gasteiger partial charge is 0.300 e. The van der Waals surface area contributed by atoms with Crippen LogP contribution in [-0.2, 0) is 9.59 Å². The molecule has 0 fully saturated rings. The van der Waals surface area contributed by atoms with E-state index < -0.39 is 23.6 Å². The summed E-state index contributed by atoms with van der Waals surface area (Å²) in [4.78, 5) is 50.4. The van der Waals surface area contributed by atoms with Crippen LogP contribution < -0.4 is 10.2 Å². The molecule has 0 radical (unpaired) electrons. The second-order valence-electron chi connectivity index (χ2n) is 6.22. The standard InChI is InChI=1S/C20H17BrN2O4/c1-3-16(19(26)22-14-6-4-5-12(9-14)11(2)24)23-17-8-7-13(21)10-15(17)18(25)20(23)27/h4-10,16H,3H2,1-2H3,(H,22,26). The number of nitrogens with zero attached hydrogens (tertiary/aromatic N) is 1. The number of anilines is 2. The van der Waals surface area contributed by atoms with Crippen LogP contribution in [0, 0.1) is 0 Å². The number of halogens is 1. The predicted octanol–water partition coefficient (Wildman–Crippen LogP) is 3.60. The van der Waals surface area contributed by atoms with Gasteiger partial charge in [-0.2, -0.15) is 0 Å². The number of rotatable bonds is 5. The summed E-state index contributed by atoms with van der Waals surface area (Å²) in [6.45, 7) is 3.21. The molecule has 1 aliphatic heterocycles. The first-order valence-electron chi connectivity index (χ1n) is 8.42. The first kappa shape index (κ1) is 19.0. The Hall–Kier alpha value is -2.80. The third kappa shape index (κ3) is 3.55.